The van der Waals surface area contributed by atoms with Crippen LogP contribution >= 0.6 is 11.8 Å². The van der Waals surface area contributed by atoms with Crippen molar-refractivity contribution in [2.24, 2.45) is 5.92 Å². The Morgan fingerprint density at radius 3 is 2.73 bits per heavy atom. The van der Waals surface area contributed by atoms with E-state index in [1.54, 1.807) is 12.5 Å². The van der Waals surface area contributed by atoms with Crippen molar-refractivity contribution in [1.82, 2.24) is 19.9 Å². The van der Waals surface area contributed by atoms with Crippen LogP contribution in [0.2, 0.25) is 0 Å². The number of hydrogen-bond acceptors (Lipinski definition) is 4. The first-order chi connectivity index (χ1) is 7.24. The van der Waals surface area contributed by atoms with Crippen molar-refractivity contribution in [2.75, 3.05) is 12.0 Å². The molecule has 2 heterocycles. The number of thioether (sulfide) groups is 1. The first-order valence-electron chi connectivity index (χ1n) is 4.82. The highest BCUT2D eigenvalue weighted by atomic mass is 32.2. The summed E-state index contributed by atoms with van der Waals surface area (Å²) in [7, 11) is 0. The molecular formula is C10H16N4S. The maximum absolute atomic E-state index is 3.91. The van der Waals surface area contributed by atoms with Gasteiger partial charge in [-0.15, -0.1) is 0 Å². The lowest BCUT2D eigenvalue weighted by atomic mass is 10.3. The standard InChI is InChI=1S/C5H4N4.C5H12S/c1-4-5(8-2-6-1)9-3-7-4;1-5(2)4-6-3/h1-3H,(H,6,7,8,9);5H,4H2,1-3H3. The van der Waals surface area contributed by atoms with Crippen LogP contribution in [0, 0.1) is 5.92 Å². The third-order valence-electron chi connectivity index (χ3n) is 1.60. The van der Waals surface area contributed by atoms with Crippen molar-refractivity contribution < 1.29 is 0 Å². The lowest BCUT2D eigenvalue weighted by Crippen LogP contribution is -1.87. The van der Waals surface area contributed by atoms with E-state index in [4.69, 9.17) is 0 Å². The summed E-state index contributed by atoms with van der Waals surface area (Å²) in [5.41, 5.74) is 1.59. The molecule has 2 aromatic rings. The highest BCUT2D eigenvalue weighted by Gasteiger charge is 1.91. The molecule has 5 heteroatoms. The number of nitrogens with zero attached hydrogens (tertiary/aromatic N) is 3. The number of fused-ring (bicyclic) bond motifs is 1. The maximum Gasteiger partial charge on any atom is 0.180 e. The van der Waals surface area contributed by atoms with Crippen molar-refractivity contribution in [1.29, 1.82) is 0 Å². The molecule has 0 aromatic carbocycles. The van der Waals surface area contributed by atoms with Gasteiger partial charge in [0.05, 0.1) is 12.5 Å². The molecule has 0 aliphatic carbocycles. The van der Waals surface area contributed by atoms with E-state index in [-0.39, 0.29) is 0 Å². The zero-order valence-corrected chi connectivity index (χ0v) is 10.1. The van der Waals surface area contributed by atoms with Crippen molar-refractivity contribution in [2.45, 2.75) is 13.8 Å². The van der Waals surface area contributed by atoms with Crippen molar-refractivity contribution >= 4 is 22.9 Å². The number of imidazole rings is 1. The molecule has 0 fully saturated rings. The number of H-pyrrole nitrogens is 1. The Morgan fingerprint density at radius 1 is 1.40 bits per heavy atom. The predicted molar refractivity (Wildman–Crippen MR) is 64.9 cm³/mol. The van der Waals surface area contributed by atoms with Crippen LogP contribution in [0.15, 0.2) is 18.9 Å². The lowest BCUT2D eigenvalue weighted by Gasteiger charge is -1.95. The molecule has 0 saturated carbocycles. The van der Waals surface area contributed by atoms with Crippen LogP contribution in [-0.4, -0.2) is 31.9 Å². The van der Waals surface area contributed by atoms with Crippen LogP contribution in [0.1, 0.15) is 13.8 Å². The Balaban J connectivity index is 0.000000167. The molecule has 0 bridgehead atoms. The Kier molecular flexibility index (Phi) is 5.10. The minimum atomic E-state index is 0.713. The Morgan fingerprint density at radius 2 is 2.20 bits per heavy atom. The highest BCUT2D eigenvalue weighted by molar-refractivity contribution is 7.98. The highest BCUT2D eigenvalue weighted by Crippen LogP contribution is 2.00. The molecular weight excluding hydrogens is 208 g/mol. The first-order valence-corrected chi connectivity index (χ1v) is 6.21. The molecule has 0 spiro atoms. The number of aromatic nitrogens is 4. The fourth-order valence-corrected chi connectivity index (χ4v) is 1.69. The SMILES string of the molecule is CSCC(C)C.c1ncc2[nH]cnc2n1. The van der Waals surface area contributed by atoms with E-state index in [9.17, 15) is 0 Å². The van der Waals surface area contributed by atoms with Gasteiger partial charge in [-0.05, 0) is 17.9 Å². The van der Waals surface area contributed by atoms with E-state index in [2.05, 4.69) is 40.0 Å². The van der Waals surface area contributed by atoms with Crippen LogP contribution in [0.25, 0.3) is 11.2 Å². The summed E-state index contributed by atoms with van der Waals surface area (Å²) in [5.74, 6) is 2.15. The topological polar surface area (TPSA) is 54.5 Å². The Bertz CT molecular complexity index is 355. The van der Waals surface area contributed by atoms with Gasteiger partial charge in [0, 0.05) is 0 Å². The molecule has 0 saturated heterocycles. The summed E-state index contributed by atoms with van der Waals surface area (Å²) in [4.78, 5) is 14.5. The molecule has 0 unspecified atom stereocenters. The molecule has 15 heavy (non-hydrogen) atoms. The van der Waals surface area contributed by atoms with E-state index in [0.29, 0.717) is 5.65 Å². The molecule has 1 N–H and O–H groups in total. The number of aromatic amines is 1. The third kappa shape index (κ3) is 4.29. The monoisotopic (exact) mass is 224 g/mol. The quantitative estimate of drug-likeness (QED) is 0.850. The zero-order valence-electron chi connectivity index (χ0n) is 9.27. The molecule has 2 rings (SSSR count). The van der Waals surface area contributed by atoms with Crippen LogP contribution in [0.5, 0.6) is 0 Å². The van der Waals surface area contributed by atoms with Gasteiger partial charge < -0.3 is 4.98 Å². The van der Waals surface area contributed by atoms with Crippen LogP contribution in [-0.2, 0) is 0 Å². The second-order valence-electron chi connectivity index (χ2n) is 3.51. The average molecular weight is 224 g/mol. The van der Waals surface area contributed by atoms with Gasteiger partial charge in [-0.3, -0.25) is 0 Å². The van der Waals surface area contributed by atoms with E-state index < -0.39 is 0 Å². The van der Waals surface area contributed by atoms with E-state index in [0.717, 1.165) is 11.4 Å². The first kappa shape index (κ1) is 12.0. The minimum Gasteiger partial charge on any atom is -0.342 e. The largest absolute Gasteiger partial charge is 0.342 e. The smallest absolute Gasteiger partial charge is 0.180 e. The lowest BCUT2D eigenvalue weighted by molar-refractivity contribution is 0.751. The van der Waals surface area contributed by atoms with Gasteiger partial charge in [0.25, 0.3) is 0 Å². The summed E-state index contributed by atoms with van der Waals surface area (Å²) in [5, 5.41) is 0. The fourth-order valence-electron chi connectivity index (χ4n) is 1.02. The van der Waals surface area contributed by atoms with Gasteiger partial charge in [0.15, 0.2) is 5.65 Å². The Hall–Kier alpha value is -1.10. The summed E-state index contributed by atoms with van der Waals surface area (Å²) in [6, 6.07) is 0. The van der Waals surface area contributed by atoms with Gasteiger partial charge in [-0.25, -0.2) is 15.0 Å². The molecule has 2 aromatic heterocycles. The van der Waals surface area contributed by atoms with E-state index in [1.807, 2.05) is 11.8 Å². The van der Waals surface area contributed by atoms with Gasteiger partial charge in [-0.2, -0.15) is 11.8 Å². The number of nitrogens with one attached hydrogen (secondary N) is 1. The van der Waals surface area contributed by atoms with E-state index in [1.165, 1.54) is 12.1 Å². The molecule has 0 amide bonds. The summed E-state index contributed by atoms with van der Waals surface area (Å²) in [6.07, 6.45) is 6.90. The molecule has 0 atom stereocenters. The molecule has 0 radical (unpaired) electrons. The predicted octanol–water partition coefficient (Wildman–Crippen LogP) is 2.36. The Labute approximate surface area is 93.9 Å². The van der Waals surface area contributed by atoms with Gasteiger partial charge in [0.2, 0.25) is 0 Å². The molecule has 82 valence electrons. The van der Waals surface area contributed by atoms with Crippen LogP contribution in [0.4, 0.5) is 0 Å². The third-order valence-corrected chi connectivity index (χ3v) is 2.60. The normalized spacial score (nSPS) is 10.1. The van der Waals surface area contributed by atoms with Crippen LogP contribution < -0.4 is 0 Å². The summed E-state index contributed by atoms with van der Waals surface area (Å²) in [6.45, 7) is 4.47. The van der Waals surface area contributed by atoms with Gasteiger partial charge in [-0.1, -0.05) is 13.8 Å². The maximum atomic E-state index is 3.91. The summed E-state index contributed by atoms with van der Waals surface area (Å²) >= 11 is 1.91. The summed E-state index contributed by atoms with van der Waals surface area (Å²) < 4.78 is 0. The molecule has 0 aliphatic heterocycles. The second kappa shape index (κ2) is 6.40. The molecule has 0 aliphatic rings. The zero-order chi connectivity index (χ0) is 11.1. The fraction of sp³-hybridized carbons (Fsp3) is 0.500. The van der Waals surface area contributed by atoms with Crippen LogP contribution in [0.3, 0.4) is 0 Å². The van der Waals surface area contributed by atoms with Crippen molar-refractivity contribution in [3.05, 3.63) is 18.9 Å². The van der Waals surface area contributed by atoms with Gasteiger partial charge >= 0.3 is 0 Å². The molecule has 4 nitrogen and oxygen atoms in total. The van der Waals surface area contributed by atoms with Crippen molar-refractivity contribution in [3.8, 4) is 0 Å². The van der Waals surface area contributed by atoms with Gasteiger partial charge in [0.1, 0.15) is 11.8 Å². The average Bonchev–Trinajstić information content (AvgIpc) is 2.65. The number of hydrogen-bond donors (Lipinski definition) is 1. The van der Waals surface area contributed by atoms with E-state index >= 15 is 0 Å². The number of rotatable bonds is 2. The second-order valence-corrected chi connectivity index (χ2v) is 4.42. The van der Waals surface area contributed by atoms with Crippen molar-refractivity contribution in [3.63, 3.8) is 0 Å². The minimum absolute atomic E-state index is 0.713.